The van der Waals surface area contributed by atoms with Gasteiger partial charge in [0.15, 0.2) is 0 Å². The maximum Gasteiger partial charge on any atom is 0.211 e. The molecular formula is C9H20N2O2S. The first-order chi connectivity index (χ1) is 6.54. The second kappa shape index (κ2) is 4.59. The Hall–Kier alpha value is -0.130. The summed E-state index contributed by atoms with van der Waals surface area (Å²) in [4.78, 5) is 0. The van der Waals surface area contributed by atoms with Crippen LogP contribution in [0.2, 0.25) is 0 Å². The first-order valence-corrected chi connectivity index (χ1v) is 6.86. The quantitative estimate of drug-likeness (QED) is 0.654. The van der Waals surface area contributed by atoms with Gasteiger partial charge >= 0.3 is 0 Å². The minimum Gasteiger partial charge on any atom is -0.330 e. The molecule has 1 fully saturated rings. The van der Waals surface area contributed by atoms with Gasteiger partial charge in [0.25, 0.3) is 0 Å². The van der Waals surface area contributed by atoms with Crippen molar-refractivity contribution in [2.45, 2.75) is 32.6 Å². The van der Waals surface area contributed by atoms with E-state index in [2.05, 4.69) is 11.6 Å². The summed E-state index contributed by atoms with van der Waals surface area (Å²) in [5.74, 6) is 0.156. The van der Waals surface area contributed by atoms with E-state index >= 15 is 0 Å². The standard InChI is InChI=1S/C9H20N2O2S/c1-2-9(4-5-9)8-11-14(12,13)7-3-6-10/h11H,2-8,10H2,1H3. The van der Waals surface area contributed by atoms with Crippen LogP contribution in [0.25, 0.3) is 0 Å². The third-order valence-electron chi connectivity index (χ3n) is 2.99. The zero-order valence-electron chi connectivity index (χ0n) is 8.75. The first-order valence-electron chi connectivity index (χ1n) is 5.21. The number of sulfonamides is 1. The Kier molecular flexibility index (Phi) is 3.92. The number of rotatable bonds is 7. The molecule has 1 aliphatic carbocycles. The number of nitrogens with two attached hydrogens (primary N) is 1. The maximum absolute atomic E-state index is 11.4. The molecule has 5 heteroatoms. The SMILES string of the molecule is CCC1(CNS(=O)(=O)CCCN)CC1. The first kappa shape index (κ1) is 11.9. The van der Waals surface area contributed by atoms with Crippen molar-refractivity contribution < 1.29 is 8.42 Å². The van der Waals surface area contributed by atoms with E-state index in [0.717, 1.165) is 19.3 Å². The molecule has 0 heterocycles. The van der Waals surface area contributed by atoms with Crippen molar-refractivity contribution >= 4 is 10.0 Å². The highest BCUT2D eigenvalue weighted by atomic mass is 32.2. The zero-order valence-corrected chi connectivity index (χ0v) is 9.57. The Morgan fingerprint density at radius 3 is 2.50 bits per heavy atom. The lowest BCUT2D eigenvalue weighted by atomic mass is 10.1. The molecule has 0 amide bonds. The highest BCUT2D eigenvalue weighted by Crippen LogP contribution is 2.47. The van der Waals surface area contributed by atoms with E-state index in [0.29, 0.717) is 19.5 Å². The van der Waals surface area contributed by atoms with E-state index in [1.807, 2.05) is 0 Å². The molecule has 84 valence electrons. The third-order valence-corrected chi connectivity index (χ3v) is 4.40. The Morgan fingerprint density at radius 2 is 2.07 bits per heavy atom. The fourth-order valence-corrected chi connectivity index (χ4v) is 2.66. The van der Waals surface area contributed by atoms with Crippen molar-refractivity contribution in [3.8, 4) is 0 Å². The molecular weight excluding hydrogens is 200 g/mol. The van der Waals surface area contributed by atoms with Gasteiger partial charge in [0.1, 0.15) is 0 Å². The van der Waals surface area contributed by atoms with Crippen molar-refractivity contribution in [2.75, 3.05) is 18.8 Å². The molecule has 0 spiro atoms. The van der Waals surface area contributed by atoms with Gasteiger partial charge in [-0.1, -0.05) is 6.92 Å². The van der Waals surface area contributed by atoms with Gasteiger partial charge < -0.3 is 5.73 Å². The van der Waals surface area contributed by atoms with Gasteiger partial charge in [-0.25, -0.2) is 13.1 Å². The average molecular weight is 220 g/mol. The molecule has 0 radical (unpaired) electrons. The fraction of sp³-hybridized carbons (Fsp3) is 1.00. The van der Waals surface area contributed by atoms with Crippen molar-refractivity contribution in [1.29, 1.82) is 0 Å². The molecule has 0 aromatic carbocycles. The van der Waals surface area contributed by atoms with E-state index in [4.69, 9.17) is 5.73 Å². The van der Waals surface area contributed by atoms with Crippen LogP contribution in [0.4, 0.5) is 0 Å². The average Bonchev–Trinajstić information content (AvgIpc) is 2.93. The molecule has 0 aromatic heterocycles. The summed E-state index contributed by atoms with van der Waals surface area (Å²) in [6.45, 7) is 3.15. The van der Waals surface area contributed by atoms with Gasteiger partial charge in [-0.2, -0.15) is 0 Å². The highest BCUT2D eigenvalue weighted by Gasteiger charge is 2.40. The van der Waals surface area contributed by atoms with Crippen LogP contribution in [0.1, 0.15) is 32.6 Å². The summed E-state index contributed by atoms with van der Waals surface area (Å²) >= 11 is 0. The Balaban J connectivity index is 2.29. The van der Waals surface area contributed by atoms with Crippen LogP contribution in [0.5, 0.6) is 0 Å². The minimum absolute atomic E-state index is 0.156. The molecule has 0 saturated heterocycles. The monoisotopic (exact) mass is 220 g/mol. The molecule has 0 bridgehead atoms. The summed E-state index contributed by atoms with van der Waals surface area (Å²) < 4.78 is 25.5. The topological polar surface area (TPSA) is 72.2 Å². The number of hydrogen-bond acceptors (Lipinski definition) is 3. The predicted molar refractivity (Wildman–Crippen MR) is 57.4 cm³/mol. The molecule has 0 aliphatic heterocycles. The molecule has 1 aliphatic rings. The minimum atomic E-state index is -3.08. The third kappa shape index (κ3) is 3.55. The summed E-state index contributed by atoms with van der Waals surface area (Å²) in [5.41, 5.74) is 5.54. The normalized spacial score (nSPS) is 19.6. The molecule has 14 heavy (non-hydrogen) atoms. The van der Waals surface area contributed by atoms with Crippen molar-refractivity contribution in [3.05, 3.63) is 0 Å². The lowest BCUT2D eigenvalue weighted by Crippen LogP contribution is -2.32. The zero-order chi connectivity index (χ0) is 10.7. The highest BCUT2D eigenvalue weighted by molar-refractivity contribution is 7.89. The Labute approximate surface area is 86.3 Å². The van der Waals surface area contributed by atoms with Crippen LogP contribution in [-0.2, 0) is 10.0 Å². The second-order valence-corrected chi connectivity index (χ2v) is 6.06. The van der Waals surface area contributed by atoms with E-state index in [9.17, 15) is 8.42 Å². The van der Waals surface area contributed by atoms with Crippen molar-refractivity contribution in [2.24, 2.45) is 11.1 Å². The van der Waals surface area contributed by atoms with Crippen LogP contribution < -0.4 is 10.5 Å². The van der Waals surface area contributed by atoms with E-state index < -0.39 is 10.0 Å². The van der Waals surface area contributed by atoms with Crippen LogP contribution in [0, 0.1) is 5.41 Å². The summed E-state index contributed by atoms with van der Waals surface area (Å²) in [6.07, 6.45) is 3.91. The summed E-state index contributed by atoms with van der Waals surface area (Å²) in [7, 11) is -3.08. The van der Waals surface area contributed by atoms with Crippen LogP contribution in [0.3, 0.4) is 0 Å². The fourth-order valence-electron chi connectivity index (χ4n) is 1.44. The van der Waals surface area contributed by atoms with Crippen LogP contribution in [-0.4, -0.2) is 27.3 Å². The second-order valence-electron chi connectivity index (χ2n) is 4.14. The molecule has 1 saturated carbocycles. The van der Waals surface area contributed by atoms with E-state index in [1.165, 1.54) is 0 Å². The molecule has 0 aromatic rings. The van der Waals surface area contributed by atoms with Gasteiger partial charge in [0.2, 0.25) is 10.0 Å². The maximum atomic E-state index is 11.4. The van der Waals surface area contributed by atoms with Gasteiger partial charge in [-0.15, -0.1) is 0 Å². The predicted octanol–water partition coefficient (Wildman–Crippen LogP) is 0.445. The van der Waals surface area contributed by atoms with E-state index in [1.54, 1.807) is 0 Å². The lowest BCUT2D eigenvalue weighted by Gasteiger charge is -2.13. The van der Waals surface area contributed by atoms with Crippen molar-refractivity contribution in [3.63, 3.8) is 0 Å². The van der Waals surface area contributed by atoms with Gasteiger partial charge in [-0.05, 0) is 37.6 Å². The number of hydrogen-bond donors (Lipinski definition) is 2. The lowest BCUT2D eigenvalue weighted by molar-refractivity contribution is 0.475. The number of nitrogens with one attached hydrogen (secondary N) is 1. The van der Waals surface area contributed by atoms with Crippen molar-refractivity contribution in [1.82, 2.24) is 4.72 Å². The molecule has 4 nitrogen and oxygen atoms in total. The van der Waals surface area contributed by atoms with Crippen LogP contribution >= 0.6 is 0 Å². The Morgan fingerprint density at radius 1 is 1.43 bits per heavy atom. The molecule has 1 rings (SSSR count). The van der Waals surface area contributed by atoms with E-state index in [-0.39, 0.29) is 11.2 Å². The smallest absolute Gasteiger partial charge is 0.211 e. The van der Waals surface area contributed by atoms with Gasteiger partial charge in [-0.3, -0.25) is 0 Å². The summed E-state index contributed by atoms with van der Waals surface area (Å²) in [6, 6.07) is 0. The molecule has 3 N–H and O–H groups in total. The van der Waals surface area contributed by atoms with Gasteiger partial charge in [0.05, 0.1) is 5.75 Å². The molecule has 0 atom stereocenters. The van der Waals surface area contributed by atoms with Crippen LogP contribution in [0.15, 0.2) is 0 Å². The van der Waals surface area contributed by atoms with Gasteiger partial charge in [0, 0.05) is 6.54 Å². The molecule has 0 unspecified atom stereocenters. The Bertz CT molecular complexity index is 271. The summed E-state index contributed by atoms with van der Waals surface area (Å²) in [5, 5.41) is 0. The largest absolute Gasteiger partial charge is 0.330 e.